The number of halogens is 1. The van der Waals surface area contributed by atoms with Crippen molar-refractivity contribution in [1.82, 2.24) is 14.8 Å². The Labute approximate surface area is 190 Å². The first kappa shape index (κ1) is 20.5. The number of hydrogen-bond acceptors (Lipinski definition) is 6. The summed E-state index contributed by atoms with van der Waals surface area (Å²) in [7, 11) is 0. The van der Waals surface area contributed by atoms with Gasteiger partial charge in [0.2, 0.25) is 0 Å². The van der Waals surface area contributed by atoms with Gasteiger partial charge in [0.1, 0.15) is 5.82 Å². The predicted octanol–water partition coefficient (Wildman–Crippen LogP) is 5.97. The van der Waals surface area contributed by atoms with Gasteiger partial charge in [-0.25, -0.2) is 0 Å². The number of hydrogen-bond donors (Lipinski definition) is 0. The smallest absolute Gasteiger partial charge is 0.191 e. The Hall–Kier alpha value is -1.74. The van der Waals surface area contributed by atoms with Crippen LogP contribution < -0.4 is 0 Å². The first-order valence-corrected chi connectivity index (χ1v) is 12.6. The molecule has 3 aromatic heterocycles. The van der Waals surface area contributed by atoms with Gasteiger partial charge >= 0.3 is 0 Å². The largest absolute Gasteiger partial charge is 0.305 e. The van der Waals surface area contributed by atoms with E-state index in [1.807, 2.05) is 18.2 Å². The van der Waals surface area contributed by atoms with Crippen LogP contribution in [0.15, 0.2) is 68.9 Å². The molecule has 0 fully saturated rings. The standard InChI is InChI=1S/C21H18BrN3OS3/c22-19-9-8-18(29-19)17(26)14-28-21-24-23-20(13-16-7-4-12-27-16)25(21)11-10-15-5-2-1-3-6-15/h1-9,12H,10-11,13-14H2. The number of Topliss-reactive ketones (excluding diaryl/α,β-unsaturated/α-hetero) is 1. The van der Waals surface area contributed by atoms with Crippen LogP contribution in [0.4, 0.5) is 0 Å². The van der Waals surface area contributed by atoms with Gasteiger partial charge in [-0.15, -0.1) is 32.9 Å². The molecule has 4 nitrogen and oxygen atoms in total. The minimum Gasteiger partial charge on any atom is -0.305 e. The molecule has 0 unspecified atom stereocenters. The highest BCUT2D eigenvalue weighted by molar-refractivity contribution is 9.11. The molecule has 4 aromatic rings. The summed E-state index contributed by atoms with van der Waals surface area (Å²) >= 11 is 8.06. The van der Waals surface area contributed by atoms with Gasteiger partial charge in [0.05, 0.1) is 14.4 Å². The number of nitrogens with zero attached hydrogens (tertiary/aromatic N) is 3. The average molecular weight is 505 g/mol. The molecule has 0 atom stereocenters. The third kappa shape index (κ3) is 5.45. The summed E-state index contributed by atoms with van der Waals surface area (Å²) < 4.78 is 3.13. The fourth-order valence-corrected chi connectivity index (χ4v) is 5.88. The van der Waals surface area contributed by atoms with Gasteiger partial charge in [0.15, 0.2) is 10.9 Å². The van der Waals surface area contributed by atoms with Crippen LogP contribution in [-0.4, -0.2) is 26.3 Å². The Morgan fingerprint density at radius 3 is 2.66 bits per heavy atom. The topological polar surface area (TPSA) is 47.8 Å². The second kappa shape index (κ2) is 9.84. The number of aryl methyl sites for hydroxylation is 1. The lowest BCUT2D eigenvalue weighted by Crippen LogP contribution is -2.09. The van der Waals surface area contributed by atoms with E-state index in [0.717, 1.165) is 39.0 Å². The monoisotopic (exact) mass is 503 g/mol. The molecule has 29 heavy (non-hydrogen) atoms. The number of thiophene rings is 2. The Kier molecular flexibility index (Phi) is 6.97. The molecule has 148 valence electrons. The van der Waals surface area contributed by atoms with Crippen LogP contribution in [0.25, 0.3) is 0 Å². The lowest BCUT2D eigenvalue weighted by molar-refractivity contribution is 0.102. The van der Waals surface area contributed by atoms with E-state index in [4.69, 9.17) is 0 Å². The number of rotatable bonds is 9. The lowest BCUT2D eigenvalue weighted by Gasteiger charge is -2.10. The summed E-state index contributed by atoms with van der Waals surface area (Å²) in [6.07, 6.45) is 1.65. The Morgan fingerprint density at radius 2 is 1.93 bits per heavy atom. The predicted molar refractivity (Wildman–Crippen MR) is 124 cm³/mol. The lowest BCUT2D eigenvalue weighted by atomic mass is 10.1. The van der Waals surface area contributed by atoms with Crippen molar-refractivity contribution in [2.45, 2.75) is 24.5 Å². The molecule has 4 rings (SSSR count). The summed E-state index contributed by atoms with van der Waals surface area (Å²) in [5.41, 5.74) is 1.28. The number of aromatic nitrogens is 3. The molecule has 0 aliphatic heterocycles. The van der Waals surface area contributed by atoms with E-state index in [1.165, 1.54) is 33.5 Å². The van der Waals surface area contributed by atoms with Crippen LogP contribution >= 0.6 is 50.4 Å². The van der Waals surface area contributed by atoms with Crippen LogP contribution in [0, 0.1) is 0 Å². The first-order valence-electron chi connectivity index (χ1n) is 9.09. The Morgan fingerprint density at radius 1 is 1.07 bits per heavy atom. The Balaban J connectivity index is 1.50. The van der Waals surface area contributed by atoms with Crippen LogP contribution in [0.1, 0.15) is 25.9 Å². The highest BCUT2D eigenvalue weighted by atomic mass is 79.9. The van der Waals surface area contributed by atoms with Crippen molar-refractivity contribution >= 4 is 56.1 Å². The van der Waals surface area contributed by atoms with Gasteiger partial charge in [0.25, 0.3) is 0 Å². The van der Waals surface area contributed by atoms with Crippen molar-refractivity contribution in [2.24, 2.45) is 0 Å². The molecule has 0 aliphatic rings. The molecule has 0 aliphatic carbocycles. The molecular weight excluding hydrogens is 486 g/mol. The highest BCUT2D eigenvalue weighted by Crippen LogP contribution is 2.26. The van der Waals surface area contributed by atoms with Crippen molar-refractivity contribution in [3.63, 3.8) is 0 Å². The number of benzene rings is 1. The molecule has 0 bridgehead atoms. The van der Waals surface area contributed by atoms with Gasteiger partial charge in [-0.05, 0) is 51.5 Å². The number of ketones is 1. The molecule has 3 heterocycles. The molecule has 8 heteroatoms. The Bertz CT molecular complexity index is 1070. The van der Waals surface area contributed by atoms with E-state index in [2.05, 4.69) is 72.5 Å². The SMILES string of the molecule is O=C(CSc1nnc(Cc2cccs2)n1CCc1ccccc1)c1ccc(Br)s1. The fourth-order valence-electron chi connectivity index (χ4n) is 2.90. The number of thioether (sulfide) groups is 1. The maximum absolute atomic E-state index is 12.5. The summed E-state index contributed by atoms with van der Waals surface area (Å²) in [6.45, 7) is 0.790. The van der Waals surface area contributed by atoms with Crippen molar-refractivity contribution in [3.8, 4) is 0 Å². The van der Waals surface area contributed by atoms with E-state index in [-0.39, 0.29) is 5.78 Å². The van der Waals surface area contributed by atoms with E-state index in [0.29, 0.717) is 5.75 Å². The third-order valence-corrected chi connectivity index (χ3v) is 7.86. The van der Waals surface area contributed by atoms with E-state index < -0.39 is 0 Å². The van der Waals surface area contributed by atoms with Crippen LogP contribution in [-0.2, 0) is 19.4 Å². The minimum absolute atomic E-state index is 0.114. The maximum atomic E-state index is 12.5. The molecule has 1 aromatic carbocycles. The zero-order chi connectivity index (χ0) is 20.1. The van der Waals surface area contributed by atoms with E-state index in [9.17, 15) is 4.79 Å². The van der Waals surface area contributed by atoms with Crippen molar-refractivity contribution in [3.05, 3.63) is 84.9 Å². The van der Waals surface area contributed by atoms with Crippen molar-refractivity contribution < 1.29 is 4.79 Å². The number of carbonyl (C=O) groups is 1. The first-order chi connectivity index (χ1) is 14.2. The maximum Gasteiger partial charge on any atom is 0.191 e. The molecular formula is C21H18BrN3OS3. The second-order valence-electron chi connectivity index (χ2n) is 6.36. The molecule has 0 spiro atoms. The van der Waals surface area contributed by atoms with Crippen molar-refractivity contribution in [1.29, 1.82) is 0 Å². The van der Waals surface area contributed by atoms with E-state index >= 15 is 0 Å². The molecule has 0 saturated carbocycles. The van der Waals surface area contributed by atoms with E-state index in [1.54, 1.807) is 11.3 Å². The number of carbonyl (C=O) groups excluding carboxylic acids is 1. The quantitative estimate of drug-likeness (QED) is 0.208. The van der Waals surface area contributed by atoms with Gasteiger partial charge in [-0.3, -0.25) is 4.79 Å². The molecule has 0 radical (unpaired) electrons. The van der Waals surface area contributed by atoms with Gasteiger partial charge < -0.3 is 4.57 Å². The summed E-state index contributed by atoms with van der Waals surface area (Å²) in [4.78, 5) is 14.5. The van der Waals surface area contributed by atoms with Crippen LogP contribution in [0.3, 0.4) is 0 Å². The van der Waals surface area contributed by atoms with Gasteiger partial charge in [0, 0.05) is 17.8 Å². The minimum atomic E-state index is 0.114. The summed E-state index contributed by atoms with van der Waals surface area (Å²) in [5.74, 6) is 1.41. The molecule has 0 saturated heterocycles. The van der Waals surface area contributed by atoms with Gasteiger partial charge in [-0.1, -0.05) is 48.2 Å². The highest BCUT2D eigenvalue weighted by Gasteiger charge is 2.16. The third-order valence-electron chi connectivity index (χ3n) is 4.35. The molecule has 0 N–H and O–H groups in total. The zero-order valence-corrected chi connectivity index (χ0v) is 19.5. The van der Waals surface area contributed by atoms with Crippen LogP contribution in [0.2, 0.25) is 0 Å². The molecule has 0 amide bonds. The van der Waals surface area contributed by atoms with Gasteiger partial charge in [-0.2, -0.15) is 0 Å². The fraction of sp³-hybridized carbons (Fsp3) is 0.190. The average Bonchev–Trinajstić information content (AvgIpc) is 3.48. The van der Waals surface area contributed by atoms with Crippen molar-refractivity contribution in [2.75, 3.05) is 5.75 Å². The van der Waals surface area contributed by atoms with Crippen LogP contribution in [0.5, 0.6) is 0 Å². The zero-order valence-electron chi connectivity index (χ0n) is 15.5. The normalized spacial score (nSPS) is 11.1. The summed E-state index contributed by atoms with van der Waals surface area (Å²) in [5, 5.41) is 11.7. The second-order valence-corrected chi connectivity index (χ2v) is 10.8. The summed E-state index contributed by atoms with van der Waals surface area (Å²) in [6, 6.07) is 18.3.